The van der Waals surface area contributed by atoms with Crippen LogP contribution in [0.25, 0.3) is 0 Å². The van der Waals surface area contributed by atoms with Gasteiger partial charge in [-0.15, -0.1) is 0 Å². The van der Waals surface area contributed by atoms with Crippen molar-refractivity contribution in [1.82, 2.24) is 4.90 Å². The summed E-state index contributed by atoms with van der Waals surface area (Å²) in [5, 5.41) is 0. The Bertz CT molecular complexity index is 376. The minimum Gasteiger partial charge on any atom is -0.329 e. The Morgan fingerprint density at radius 3 is 2.28 bits per heavy atom. The van der Waals surface area contributed by atoms with E-state index in [1.165, 1.54) is 36.1 Å². The normalized spacial score (nSPS) is 17.2. The molecule has 2 rings (SSSR count). The lowest BCUT2D eigenvalue weighted by molar-refractivity contribution is 0.203. The van der Waals surface area contributed by atoms with E-state index < -0.39 is 0 Å². The first kappa shape index (κ1) is 13.6. The lowest BCUT2D eigenvalue weighted by Crippen LogP contribution is -2.35. The fourth-order valence-corrected chi connectivity index (χ4v) is 2.81. The first-order valence-corrected chi connectivity index (χ1v) is 7.16. The van der Waals surface area contributed by atoms with Gasteiger partial charge in [0.25, 0.3) is 0 Å². The molecule has 0 heterocycles. The number of nitrogens with two attached hydrogens (primary N) is 1. The largest absolute Gasteiger partial charge is 0.329 e. The fourth-order valence-electron chi connectivity index (χ4n) is 2.81. The Kier molecular flexibility index (Phi) is 4.41. The van der Waals surface area contributed by atoms with Crippen LogP contribution in [0.4, 0.5) is 0 Å². The number of benzene rings is 1. The lowest BCUT2D eigenvalue weighted by Gasteiger charge is -2.30. The maximum atomic E-state index is 6.04. The number of hydrogen-bond acceptors (Lipinski definition) is 2. The maximum Gasteiger partial charge on any atom is 0.0470 e. The first-order chi connectivity index (χ1) is 8.63. The zero-order valence-corrected chi connectivity index (χ0v) is 11.9. The minimum atomic E-state index is 0.384. The van der Waals surface area contributed by atoms with Gasteiger partial charge in [-0.2, -0.15) is 0 Å². The molecule has 1 saturated carbocycles. The highest BCUT2D eigenvalue weighted by Gasteiger charge is 2.27. The highest BCUT2D eigenvalue weighted by Crippen LogP contribution is 2.32. The van der Waals surface area contributed by atoms with E-state index in [-0.39, 0.29) is 0 Å². The van der Waals surface area contributed by atoms with Gasteiger partial charge in [0.15, 0.2) is 0 Å². The summed E-state index contributed by atoms with van der Waals surface area (Å²) in [5.41, 5.74) is 10.1. The third kappa shape index (κ3) is 3.33. The number of nitrogens with zero attached hydrogens (tertiary/aromatic N) is 1. The second-order valence-electron chi connectivity index (χ2n) is 5.70. The predicted octanol–water partition coefficient (Wildman–Crippen LogP) is 3.04. The molecule has 0 amide bonds. The molecule has 18 heavy (non-hydrogen) atoms. The third-order valence-corrected chi connectivity index (χ3v) is 3.89. The summed E-state index contributed by atoms with van der Waals surface area (Å²) in [6.45, 7) is 9.59. The molecule has 100 valence electrons. The molecular weight excluding hydrogens is 220 g/mol. The number of likely N-dealkylation sites (N-methyl/N-ethyl adjacent to an activating group) is 1. The van der Waals surface area contributed by atoms with Crippen LogP contribution in [0.15, 0.2) is 18.2 Å². The van der Waals surface area contributed by atoms with Crippen LogP contribution in [0.5, 0.6) is 0 Å². The van der Waals surface area contributed by atoms with Crippen LogP contribution >= 0.6 is 0 Å². The van der Waals surface area contributed by atoms with Gasteiger partial charge in [0.1, 0.15) is 0 Å². The maximum absolute atomic E-state index is 6.04. The molecule has 0 spiro atoms. The molecule has 1 unspecified atom stereocenters. The van der Waals surface area contributed by atoms with E-state index in [9.17, 15) is 0 Å². The zero-order chi connectivity index (χ0) is 13.1. The molecule has 1 aromatic carbocycles. The Labute approximate surface area is 111 Å². The van der Waals surface area contributed by atoms with Gasteiger partial charge >= 0.3 is 0 Å². The first-order valence-electron chi connectivity index (χ1n) is 7.16. The van der Waals surface area contributed by atoms with Crippen molar-refractivity contribution in [2.45, 2.75) is 39.7 Å². The van der Waals surface area contributed by atoms with E-state index >= 15 is 0 Å². The summed E-state index contributed by atoms with van der Waals surface area (Å²) in [5.74, 6) is 0.921. The number of rotatable bonds is 6. The molecule has 2 heteroatoms. The number of hydrogen-bond donors (Lipinski definition) is 1. The second-order valence-corrected chi connectivity index (χ2v) is 5.70. The monoisotopic (exact) mass is 246 g/mol. The highest BCUT2D eigenvalue weighted by molar-refractivity contribution is 5.31. The molecule has 1 aliphatic rings. The van der Waals surface area contributed by atoms with E-state index in [0.717, 1.165) is 12.5 Å². The van der Waals surface area contributed by atoms with Gasteiger partial charge in [-0.25, -0.2) is 0 Å². The number of aryl methyl sites for hydroxylation is 2. The molecule has 0 saturated heterocycles. The van der Waals surface area contributed by atoms with Gasteiger partial charge in [-0.1, -0.05) is 36.2 Å². The van der Waals surface area contributed by atoms with Crippen LogP contribution in [-0.4, -0.2) is 24.5 Å². The van der Waals surface area contributed by atoms with Crippen molar-refractivity contribution in [1.29, 1.82) is 0 Å². The molecule has 1 aromatic rings. The van der Waals surface area contributed by atoms with E-state index in [0.29, 0.717) is 12.6 Å². The summed E-state index contributed by atoms with van der Waals surface area (Å²) in [6, 6.07) is 7.20. The van der Waals surface area contributed by atoms with E-state index in [2.05, 4.69) is 43.9 Å². The molecule has 2 N–H and O–H groups in total. The summed E-state index contributed by atoms with van der Waals surface area (Å²) in [6.07, 6.45) is 2.81. The van der Waals surface area contributed by atoms with Crippen molar-refractivity contribution < 1.29 is 0 Å². The summed E-state index contributed by atoms with van der Waals surface area (Å²) < 4.78 is 0. The molecule has 0 radical (unpaired) electrons. The van der Waals surface area contributed by atoms with Crippen molar-refractivity contribution >= 4 is 0 Å². The predicted molar refractivity (Wildman–Crippen MR) is 77.7 cm³/mol. The summed E-state index contributed by atoms with van der Waals surface area (Å²) in [4.78, 5) is 2.55. The molecule has 1 aliphatic carbocycles. The van der Waals surface area contributed by atoms with Crippen LogP contribution < -0.4 is 5.73 Å². The van der Waals surface area contributed by atoms with Gasteiger partial charge in [0.05, 0.1) is 0 Å². The van der Waals surface area contributed by atoms with Crippen LogP contribution in [0.1, 0.15) is 42.5 Å². The van der Waals surface area contributed by atoms with Gasteiger partial charge in [0, 0.05) is 19.1 Å². The Morgan fingerprint density at radius 2 is 1.83 bits per heavy atom. The molecule has 0 aromatic heterocycles. The third-order valence-electron chi connectivity index (χ3n) is 3.89. The van der Waals surface area contributed by atoms with Crippen LogP contribution in [0.3, 0.4) is 0 Å². The standard InChI is InChI=1S/C16H26N2/c1-4-18(11-14-5-6-14)16(10-17)15-8-12(2)7-13(3)9-15/h7-9,14,16H,4-6,10-11,17H2,1-3H3. The molecular formula is C16H26N2. The van der Waals surface area contributed by atoms with Gasteiger partial charge in [-0.05, 0) is 44.7 Å². The molecule has 2 nitrogen and oxygen atoms in total. The smallest absolute Gasteiger partial charge is 0.0470 e. The van der Waals surface area contributed by atoms with Crippen molar-refractivity contribution in [3.05, 3.63) is 34.9 Å². The van der Waals surface area contributed by atoms with Gasteiger partial charge < -0.3 is 5.73 Å². The quantitative estimate of drug-likeness (QED) is 0.836. The van der Waals surface area contributed by atoms with Crippen LogP contribution in [0, 0.1) is 19.8 Å². The van der Waals surface area contributed by atoms with Gasteiger partial charge in [0.2, 0.25) is 0 Å². The molecule has 1 fully saturated rings. The SMILES string of the molecule is CCN(CC1CC1)C(CN)c1cc(C)cc(C)c1. The minimum absolute atomic E-state index is 0.384. The second kappa shape index (κ2) is 5.85. The zero-order valence-electron chi connectivity index (χ0n) is 11.9. The average Bonchev–Trinajstić information content (AvgIpc) is 3.11. The highest BCUT2D eigenvalue weighted by atomic mass is 15.2. The Balaban J connectivity index is 2.18. The molecule has 0 bridgehead atoms. The fraction of sp³-hybridized carbons (Fsp3) is 0.625. The van der Waals surface area contributed by atoms with E-state index in [1.54, 1.807) is 0 Å². The molecule has 1 atom stereocenters. The van der Waals surface area contributed by atoms with Crippen LogP contribution in [-0.2, 0) is 0 Å². The Hall–Kier alpha value is -0.860. The van der Waals surface area contributed by atoms with Gasteiger partial charge in [-0.3, -0.25) is 4.90 Å². The summed E-state index contributed by atoms with van der Waals surface area (Å²) in [7, 11) is 0. The lowest BCUT2D eigenvalue weighted by atomic mass is 10.00. The topological polar surface area (TPSA) is 29.3 Å². The van der Waals surface area contributed by atoms with Crippen molar-refractivity contribution in [2.24, 2.45) is 11.7 Å². The molecule has 0 aliphatic heterocycles. The Morgan fingerprint density at radius 1 is 1.22 bits per heavy atom. The van der Waals surface area contributed by atoms with E-state index in [4.69, 9.17) is 5.73 Å². The van der Waals surface area contributed by atoms with Crippen molar-refractivity contribution in [3.8, 4) is 0 Å². The summed E-state index contributed by atoms with van der Waals surface area (Å²) >= 11 is 0. The average molecular weight is 246 g/mol. The van der Waals surface area contributed by atoms with Crippen LogP contribution in [0.2, 0.25) is 0 Å². The van der Waals surface area contributed by atoms with Crippen molar-refractivity contribution in [2.75, 3.05) is 19.6 Å². The van der Waals surface area contributed by atoms with E-state index in [1.807, 2.05) is 0 Å². The van der Waals surface area contributed by atoms with Crippen molar-refractivity contribution in [3.63, 3.8) is 0 Å².